The molecule has 3 atom stereocenters. The second-order valence-electron chi connectivity index (χ2n) is 9.16. The number of nitrogens with zero attached hydrogens (tertiary/aromatic N) is 2. The van der Waals surface area contributed by atoms with Gasteiger partial charge in [0.2, 0.25) is 5.91 Å². The molecular formula is C25H34BrN3O3. The lowest BCUT2D eigenvalue weighted by Crippen LogP contribution is -2.50. The molecule has 32 heavy (non-hydrogen) atoms. The van der Waals surface area contributed by atoms with Crippen molar-refractivity contribution in [3.8, 4) is 0 Å². The molecule has 6 nitrogen and oxygen atoms in total. The molecule has 1 N–H and O–H groups in total. The highest BCUT2D eigenvalue weighted by Gasteiger charge is 2.38. The fourth-order valence-electron chi connectivity index (χ4n) is 4.55. The van der Waals surface area contributed by atoms with E-state index in [-0.39, 0.29) is 11.8 Å². The average Bonchev–Trinajstić information content (AvgIpc) is 3.18. The lowest BCUT2D eigenvalue weighted by Gasteiger charge is -2.31. The van der Waals surface area contributed by atoms with Gasteiger partial charge >= 0.3 is 6.09 Å². The van der Waals surface area contributed by atoms with E-state index in [0.29, 0.717) is 18.4 Å². The number of carbonyl (C=O) groups is 2. The Kier molecular flexibility index (Phi) is 8.15. The normalized spacial score (nSPS) is 24.3. The highest BCUT2D eigenvalue weighted by atomic mass is 79.9. The summed E-state index contributed by atoms with van der Waals surface area (Å²) in [6, 6.07) is 7.62. The Labute approximate surface area is 199 Å². The summed E-state index contributed by atoms with van der Waals surface area (Å²) in [5, 5.41) is 2.73. The van der Waals surface area contributed by atoms with Gasteiger partial charge in [0.25, 0.3) is 0 Å². The third kappa shape index (κ3) is 5.42. The van der Waals surface area contributed by atoms with Gasteiger partial charge in [0.05, 0.1) is 12.8 Å². The van der Waals surface area contributed by atoms with Gasteiger partial charge in [0.1, 0.15) is 6.04 Å². The number of ether oxygens (including phenoxy) is 1. The van der Waals surface area contributed by atoms with Crippen molar-refractivity contribution in [2.45, 2.75) is 59.4 Å². The van der Waals surface area contributed by atoms with Crippen molar-refractivity contribution in [2.75, 3.05) is 13.7 Å². The summed E-state index contributed by atoms with van der Waals surface area (Å²) < 4.78 is 5.80. The predicted octanol–water partition coefficient (Wildman–Crippen LogP) is 5.52. The second-order valence-corrected chi connectivity index (χ2v) is 10.1. The van der Waals surface area contributed by atoms with Crippen LogP contribution in [0.1, 0.15) is 58.9 Å². The summed E-state index contributed by atoms with van der Waals surface area (Å²) in [6.07, 6.45) is 3.17. The van der Waals surface area contributed by atoms with E-state index in [1.165, 1.54) is 7.11 Å². The third-order valence-corrected chi connectivity index (χ3v) is 6.89. The maximum Gasteiger partial charge on any atom is 0.407 e. The van der Waals surface area contributed by atoms with E-state index in [0.717, 1.165) is 52.8 Å². The first-order chi connectivity index (χ1) is 15.2. The quantitative estimate of drug-likeness (QED) is 0.574. The molecule has 174 valence electrons. The molecule has 0 aromatic heterocycles. The number of amides is 2. The Bertz CT molecular complexity index is 908. The Balaban J connectivity index is 2.01. The average molecular weight is 504 g/mol. The molecule has 1 aromatic carbocycles. The van der Waals surface area contributed by atoms with Crippen LogP contribution in [-0.4, -0.2) is 42.3 Å². The van der Waals surface area contributed by atoms with Crippen LogP contribution in [0.2, 0.25) is 0 Å². The van der Waals surface area contributed by atoms with Crippen molar-refractivity contribution in [1.29, 1.82) is 0 Å². The molecule has 2 heterocycles. The molecule has 1 aromatic rings. The number of allylic oxidation sites excluding steroid dienone is 2. The minimum absolute atomic E-state index is 0.0566. The molecular weight excluding hydrogens is 470 g/mol. The number of rotatable bonds is 5. The zero-order chi connectivity index (χ0) is 23.4. The third-order valence-electron chi connectivity index (χ3n) is 6.36. The number of halogens is 1. The van der Waals surface area contributed by atoms with Crippen LogP contribution in [0.4, 0.5) is 4.79 Å². The SMILES string of the molecule is CCC1CCC(c2ccc(Br)cc2)=N/C1=C1/CC(C)CN1C(=O)C(NC(=O)OC)C(C)C. The van der Waals surface area contributed by atoms with Gasteiger partial charge in [-0.3, -0.25) is 9.79 Å². The van der Waals surface area contributed by atoms with E-state index < -0.39 is 12.1 Å². The largest absolute Gasteiger partial charge is 0.453 e. The number of hydrogen-bond donors (Lipinski definition) is 1. The van der Waals surface area contributed by atoms with Crippen LogP contribution >= 0.6 is 15.9 Å². The van der Waals surface area contributed by atoms with Gasteiger partial charge in [-0.05, 0) is 55.2 Å². The Morgan fingerprint density at radius 3 is 2.56 bits per heavy atom. The van der Waals surface area contributed by atoms with E-state index in [2.05, 4.69) is 47.2 Å². The molecule has 0 radical (unpaired) electrons. The van der Waals surface area contributed by atoms with Gasteiger partial charge in [-0.25, -0.2) is 4.79 Å². The van der Waals surface area contributed by atoms with E-state index in [1.54, 1.807) is 0 Å². The fraction of sp³-hybridized carbons (Fsp3) is 0.560. The number of carbonyl (C=O) groups excluding carboxylic acids is 2. The van der Waals surface area contributed by atoms with Gasteiger partial charge in [-0.2, -0.15) is 0 Å². The van der Waals surface area contributed by atoms with Crippen molar-refractivity contribution in [1.82, 2.24) is 10.2 Å². The first kappa shape index (κ1) is 24.5. The number of hydrogen-bond acceptors (Lipinski definition) is 4. The molecule has 0 aliphatic carbocycles. The second kappa shape index (κ2) is 10.6. The van der Waals surface area contributed by atoms with Gasteiger partial charge in [0.15, 0.2) is 0 Å². The number of methoxy groups -OCH3 is 1. The topological polar surface area (TPSA) is 71.0 Å². The standard InChI is InChI=1S/C25H34BrN3O3/c1-6-17-9-12-20(18-7-10-19(26)11-8-18)27-23(17)21-13-16(4)14-29(21)24(30)22(15(2)3)28-25(31)32-5/h7-8,10-11,15-17,22H,6,9,12-14H2,1-5H3,(H,28,31)/b23-21-. The monoisotopic (exact) mass is 503 g/mol. The molecule has 1 saturated heterocycles. The van der Waals surface area contributed by atoms with Crippen molar-refractivity contribution in [2.24, 2.45) is 22.7 Å². The molecule has 1 fully saturated rings. The predicted molar refractivity (Wildman–Crippen MR) is 130 cm³/mol. The maximum absolute atomic E-state index is 13.6. The summed E-state index contributed by atoms with van der Waals surface area (Å²) in [6.45, 7) is 8.86. The van der Waals surface area contributed by atoms with Gasteiger partial charge < -0.3 is 15.0 Å². The summed E-state index contributed by atoms with van der Waals surface area (Å²) in [7, 11) is 1.31. The molecule has 3 unspecified atom stereocenters. The number of benzene rings is 1. The number of aliphatic imine (C=N–C) groups is 1. The summed E-state index contributed by atoms with van der Waals surface area (Å²) in [5.74, 6) is 0.533. The summed E-state index contributed by atoms with van der Waals surface area (Å²) in [4.78, 5) is 32.5. The van der Waals surface area contributed by atoms with Crippen LogP contribution in [-0.2, 0) is 9.53 Å². The molecule has 0 spiro atoms. The van der Waals surface area contributed by atoms with Crippen LogP contribution in [0.5, 0.6) is 0 Å². The number of nitrogens with one attached hydrogen (secondary N) is 1. The Morgan fingerprint density at radius 2 is 1.97 bits per heavy atom. The molecule has 2 amide bonds. The smallest absolute Gasteiger partial charge is 0.407 e. The molecule has 7 heteroatoms. The summed E-state index contributed by atoms with van der Waals surface area (Å²) >= 11 is 3.50. The molecule has 2 aliphatic rings. The lowest BCUT2D eigenvalue weighted by atomic mass is 9.88. The van der Waals surface area contributed by atoms with Crippen LogP contribution in [0.25, 0.3) is 0 Å². The van der Waals surface area contributed by atoms with Crippen molar-refractivity contribution in [3.63, 3.8) is 0 Å². The molecule has 0 bridgehead atoms. The first-order valence-corrected chi connectivity index (χ1v) is 12.3. The zero-order valence-electron chi connectivity index (χ0n) is 19.7. The fourth-order valence-corrected chi connectivity index (χ4v) is 4.81. The van der Waals surface area contributed by atoms with E-state index in [1.807, 2.05) is 30.9 Å². The Hall–Kier alpha value is -2.15. The zero-order valence-corrected chi connectivity index (χ0v) is 21.2. The van der Waals surface area contributed by atoms with Crippen molar-refractivity contribution < 1.29 is 14.3 Å². The van der Waals surface area contributed by atoms with Gasteiger partial charge in [0, 0.05) is 28.3 Å². The van der Waals surface area contributed by atoms with Gasteiger partial charge in [-0.15, -0.1) is 0 Å². The molecule has 0 saturated carbocycles. The van der Waals surface area contributed by atoms with Crippen molar-refractivity contribution >= 4 is 33.6 Å². The maximum atomic E-state index is 13.6. The van der Waals surface area contributed by atoms with E-state index in [9.17, 15) is 9.59 Å². The number of likely N-dealkylation sites (tertiary alicyclic amines) is 1. The summed E-state index contributed by atoms with van der Waals surface area (Å²) in [5.41, 5.74) is 4.25. The van der Waals surface area contributed by atoms with Crippen LogP contribution in [0, 0.1) is 17.8 Å². The minimum Gasteiger partial charge on any atom is -0.453 e. The van der Waals surface area contributed by atoms with Gasteiger partial charge in [-0.1, -0.05) is 55.8 Å². The number of alkyl carbamates (subject to hydrolysis) is 1. The van der Waals surface area contributed by atoms with Crippen LogP contribution < -0.4 is 5.32 Å². The molecule has 2 aliphatic heterocycles. The van der Waals surface area contributed by atoms with Crippen LogP contribution in [0.3, 0.4) is 0 Å². The lowest BCUT2D eigenvalue weighted by molar-refractivity contribution is -0.132. The molecule has 3 rings (SSSR count). The van der Waals surface area contributed by atoms with Crippen molar-refractivity contribution in [3.05, 3.63) is 45.7 Å². The highest BCUT2D eigenvalue weighted by Crippen LogP contribution is 2.38. The minimum atomic E-state index is -0.637. The highest BCUT2D eigenvalue weighted by molar-refractivity contribution is 9.10. The van der Waals surface area contributed by atoms with Crippen LogP contribution in [0.15, 0.2) is 45.1 Å². The van der Waals surface area contributed by atoms with E-state index in [4.69, 9.17) is 9.73 Å². The Morgan fingerprint density at radius 1 is 1.28 bits per heavy atom. The van der Waals surface area contributed by atoms with E-state index >= 15 is 0 Å². The first-order valence-electron chi connectivity index (χ1n) is 11.5.